The molecule has 1 unspecified atom stereocenters. The Kier molecular flexibility index (Phi) is 7.27. The van der Waals surface area contributed by atoms with Gasteiger partial charge in [-0.2, -0.15) is 18.4 Å². The minimum Gasteiger partial charge on any atom is -0.338 e. The normalized spacial score (nSPS) is 22.8. The van der Waals surface area contributed by atoms with Crippen LogP contribution < -0.4 is 16.0 Å². The second-order valence-electron chi connectivity index (χ2n) is 12.8. The van der Waals surface area contributed by atoms with E-state index in [1.54, 1.807) is 24.3 Å². The molecule has 12 heteroatoms. The highest BCUT2D eigenvalue weighted by molar-refractivity contribution is 6.35. The Hall–Kier alpha value is -4.40. The van der Waals surface area contributed by atoms with Gasteiger partial charge < -0.3 is 20.9 Å². The zero-order valence-corrected chi connectivity index (χ0v) is 24.0. The highest BCUT2D eigenvalue weighted by Gasteiger charge is 2.57. The molecular formula is C31H32F3N5O4. The number of benzene rings is 2. The first kappa shape index (κ1) is 30.1. The number of carbonyl (C=O) groups excluding carboxylic acids is 4. The molecule has 2 aliphatic heterocycles. The molecule has 1 aliphatic carbocycles. The summed E-state index contributed by atoms with van der Waals surface area (Å²) in [5.41, 5.74) is -2.72. The van der Waals surface area contributed by atoms with Crippen LogP contribution in [-0.4, -0.2) is 47.2 Å². The summed E-state index contributed by atoms with van der Waals surface area (Å²) in [6.45, 7) is 5.41. The average Bonchev–Trinajstić information content (AvgIpc) is 3.53. The number of nitriles is 1. The lowest BCUT2D eigenvalue weighted by Gasteiger charge is -2.31. The maximum absolute atomic E-state index is 14.0. The summed E-state index contributed by atoms with van der Waals surface area (Å²) in [5, 5.41) is 17.7. The predicted molar refractivity (Wildman–Crippen MR) is 149 cm³/mol. The summed E-state index contributed by atoms with van der Waals surface area (Å²) in [6, 6.07) is 11.9. The van der Waals surface area contributed by atoms with Gasteiger partial charge in [0.1, 0.15) is 12.1 Å². The minimum atomic E-state index is -4.65. The summed E-state index contributed by atoms with van der Waals surface area (Å²) in [5.74, 6) is -3.29. The Balaban J connectivity index is 1.36. The van der Waals surface area contributed by atoms with Gasteiger partial charge in [0.05, 0.1) is 22.6 Å². The average molecular weight is 596 g/mol. The summed E-state index contributed by atoms with van der Waals surface area (Å²) in [6.07, 6.45) is -4.06. The van der Waals surface area contributed by atoms with Gasteiger partial charge in [0.25, 0.3) is 0 Å². The highest BCUT2D eigenvalue weighted by atomic mass is 19.4. The van der Waals surface area contributed by atoms with Crippen molar-refractivity contribution in [2.24, 2.45) is 5.41 Å². The van der Waals surface area contributed by atoms with Gasteiger partial charge in [0, 0.05) is 18.7 Å². The molecule has 43 heavy (non-hydrogen) atoms. The van der Waals surface area contributed by atoms with Crippen LogP contribution in [-0.2, 0) is 36.3 Å². The summed E-state index contributed by atoms with van der Waals surface area (Å²) < 4.78 is 41.0. The first-order valence-corrected chi connectivity index (χ1v) is 14.0. The molecule has 2 heterocycles. The highest BCUT2D eigenvalue weighted by Crippen LogP contribution is 2.50. The molecule has 1 spiro atoms. The lowest BCUT2D eigenvalue weighted by Crippen LogP contribution is -2.55. The van der Waals surface area contributed by atoms with Crippen LogP contribution in [0.5, 0.6) is 0 Å². The zero-order chi connectivity index (χ0) is 31.4. The van der Waals surface area contributed by atoms with Crippen LogP contribution in [0.2, 0.25) is 0 Å². The van der Waals surface area contributed by atoms with E-state index in [4.69, 9.17) is 0 Å². The van der Waals surface area contributed by atoms with Crippen LogP contribution >= 0.6 is 0 Å². The van der Waals surface area contributed by atoms with E-state index >= 15 is 0 Å². The van der Waals surface area contributed by atoms with Gasteiger partial charge in [-0.25, -0.2) is 0 Å². The maximum atomic E-state index is 14.0. The fraction of sp³-hybridized carbons (Fsp3) is 0.452. The number of carbonyl (C=O) groups is 4. The number of para-hydroxylation sites is 1. The SMILES string of the molecule is CC(C)(C)C[C@H](NC(=O)C(=O)NC1(c2ccccc2C(F)(F)F)CC1)C(=O)N1C[C@]2(CC1C#N)C(=O)Nc1ccccc12. The van der Waals surface area contributed by atoms with E-state index in [1.165, 1.54) is 23.1 Å². The second-order valence-corrected chi connectivity index (χ2v) is 12.8. The van der Waals surface area contributed by atoms with Gasteiger partial charge >= 0.3 is 18.0 Å². The Morgan fingerprint density at radius 3 is 2.28 bits per heavy atom. The van der Waals surface area contributed by atoms with E-state index in [2.05, 4.69) is 22.0 Å². The van der Waals surface area contributed by atoms with Crippen molar-refractivity contribution in [3.05, 3.63) is 65.2 Å². The van der Waals surface area contributed by atoms with Gasteiger partial charge in [-0.1, -0.05) is 57.2 Å². The Morgan fingerprint density at radius 2 is 1.67 bits per heavy atom. The number of fused-ring (bicyclic) bond motifs is 2. The Morgan fingerprint density at radius 1 is 1.05 bits per heavy atom. The fourth-order valence-corrected chi connectivity index (χ4v) is 6.23. The smallest absolute Gasteiger partial charge is 0.338 e. The number of hydrogen-bond donors (Lipinski definition) is 3. The van der Waals surface area contributed by atoms with Gasteiger partial charge in [-0.3, -0.25) is 19.2 Å². The molecule has 2 aromatic rings. The monoisotopic (exact) mass is 595 g/mol. The molecule has 1 saturated carbocycles. The molecular weight excluding hydrogens is 563 g/mol. The fourth-order valence-electron chi connectivity index (χ4n) is 6.23. The molecule has 3 N–H and O–H groups in total. The summed E-state index contributed by atoms with van der Waals surface area (Å²) >= 11 is 0. The molecule has 2 aromatic carbocycles. The van der Waals surface area contributed by atoms with E-state index in [1.807, 2.05) is 20.8 Å². The quantitative estimate of drug-likeness (QED) is 0.454. The van der Waals surface area contributed by atoms with Crippen LogP contribution in [0.15, 0.2) is 48.5 Å². The third-order valence-electron chi connectivity index (χ3n) is 8.39. The number of anilines is 1. The number of nitrogens with zero attached hydrogens (tertiary/aromatic N) is 2. The van der Waals surface area contributed by atoms with E-state index in [0.717, 1.165) is 6.07 Å². The van der Waals surface area contributed by atoms with Crippen molar-refractivity contribution in [3.63, 3.8) is 0 Å². The summed E-state index contributed by atoms with van der Waals surface area (Å²) in [4.78, 5) is 54.6. The number of hydrogen-bond acceptors (Lipinski definition) is 5. The maximum Gasteiger partial charge on any atom is 0.416 e. The van der Waals surface area contributed by atoms with Crippen molar-refractivity contribution in [3.8, 4) is 6.07 Å². The van der Waals surface area contributed by atoms with Crippen LogP contribution in [0, 0.1) is 16.7 Å². The van der Waals surface area contributed by atoms with Gasteiger partial charge in [0.15, 0.2) is 0 Å². The molecule has 3 aliphatic rings. The Bertz CT molecular complexity index is 1540. The third-order valence-corrected chi connectivity index (χ3v) is 8.39. The standard InChI is InChI=1S/C31H32F3N5O4/c1-28(2,3)15-23(26(42)39-17-29(14-18(39)16-35)21-10-6-7-11-22(21)37-27(29)43)36-24(40)25(41)38-30(12-13-30)19-8-4-5-9-20(19)31(32,33)34/h4-11,18,23H,12-15,17H2,1-3H3,(H,36,40)(H,37,43)(H,38,41)/t18?,23-,29-/m0/s1. The van der Waals surface area contributed by atoms with Crippen LogP contribution in [0.4, 0.5) is 18.9 Å². The van der Waals surface area contributed by atoms with Crippen molar-refractivity contribution in [2.45, 2.75) is 75.7 Å². The van der Waals surface area contributed by atoms with Crippen molar-refractivity contribution in [1.82, 2.24) is 15.5 Å². The molecule has 0 aromatic heterocycles. The first-order valence-electron chi connectivity index (χ1n) is 14.0. The van der Waals surface area contributed by atoms with Gasteiger partial charge in [-0.15, -0.1) is 0 Å². The topological polar surface area (TPSA) is 131 Å². The summed E-state index contributed by atoms with van der Waals surface area (Å²) in [7, 11) is 0. The van der Waals surface area contributed by atoms with Crippen molar-refractivity contribution >= 4 is 29.3 Å². The minimum absolute atomic E-state index is 0.0654. The van der Waals surface area contributed by atoms with E-state index in [-0.39, 0.29) is 43.7 Å². The van der Waals surface area contributed by atoms with Crippen LogP contribution in [0.1, 0.15) is 63.1 Å². The van der Waals surface area contributed by atoms with Crippen molar-refractivity contribution in [1.29, 1.82) is 5.26 Å². The first-order chi connectivity index (χ1) is 20.1. The van der Waals surface area contributed by atoms with E-state index in [0.29, 0.717) is 11.3 Å². The molecule has 5 rings (SSSR count). The van der Waals surface area contributed by atoms with Gasteiger partial charge in [0.2, 0.25) is 11.8 Å². The number of nitrogens with one attached hydrogen (secondary N) is 3. The zero-order valence-electron chi connectivity index (χ0n) is 24.0. The second kappa shape index (κ2) is 10.4. The molecule has 226 valence electrons. The predicted octanol–water partition coefficient (Wildman–Crippen LogP) is 3.75. The number of amides is 4. The molecule has 9 nitrogen and oxygen atoms in total. The Labute approximate surface area is 246 Å². The molecule has 4 amide bonds. The molecule has 2 fully saturated rings. The number of halogens is 3. The number of alkyl halides is 3. The van der Waals surface area contributed by atoms with Crippen LogP contribution in [0.25, 0.3) is 0 Å². The van der Waals surface area contributed by atoms with Crippen molar-refractivity contribution < 1.29 is 32.3 Å². The number of likely N-dealkylation sites (tertiary alicyclic amines) is 1. The van der Waals surface area contributed by atoms with E-state index in [9.17, 15) is 37.6 Å². The van der Waals surface area contributed by atoms with E-state index < -0.39 is 57.9 Å². The van der Waals surface area contributed by atoms with Crippen LogP contribution in [0.3, 0.4) is 0 Å². The third kappa shape index (κ3) is 5.56. The molecule has 1 saturated heterocycles. The molecule has 0 bridgehead atoms. The number of rotatable bonds is 5. The molecule has 0 radical (unpaired) electrons. The molecule has 3 atom stereocenters. The van der Waals surface area contributed by atoms with Gasteiger partial charge in [-0.05, 0) is 47.9 Å². The largest absolute Gasteiger partial charge is 0.416 e. The van der Waals surface area contributed by atoms with Crippen molar-refractivity contribution in [2.75, 3.05) is 11.9 Å². The lowest BCUT2D eigenvalue weighted by atomic mass is 9.80. The lowest BCUT2D eigenvalue weighted by molar-refractivity contribution is -0.144.